The van der Waals surface area contributed by atoms with E-state index in [2.05, 4.69) is 0 Å². The molecule has 0 aliphatic carbocycles. The molecular weight excluding hydrogens is 64.0 g/mol. The zero-order valence-corrected chi connectivity index (χ0v) is 3.19. The monoisotopic (exact) mass is 70.0 g/mol. The molecule has 1 aliphatic rings. The van der Waals surface area contributed by atoms with Crippen LogP contribution in [0, 0.1) is 0 Å². The molecule has 1 aliphatic heterocycles. The summed E-state index contributed by atoms with van der Waals surface area (Å²) in [5.41, 5.74) is 0. The van der Waals surface area contributed by atoms with Gasteiger partial charge in [0.05, 0.1) is 0 Å². The van der Waals surface area contributed by atoms with Gasteiger partial charge in [-0.05, 0) is 13.0 Å². The summed E-state index contributed by atoms with van der Waals surface area (Å²) in [6.07, 6.45) is 1.97. The second-order valence-corrected chi connectivity index (χ2v) is 1.04. The van der Waals surface area contributed by atoms with E-state index in [-0.39, 0.29) is 0 Å². The lowest BCUT2D eigenvalue weighted by atomic mass is 10.6. The highest BCUT2D eigenvalue weighted by atomic mass is 16.6. The van der Waals surface area contributed by atoms with E-state index in [1.165, 1.54) is 0 Å². The van der Waals surface area contributed by atoms with Gasteiger partial charge >= 0.3 is 0 Å². The Morgan fingerprint density at radius 3 is 2.60 bits per heavy atom. The van der Waals surface area contributed by atoms with Crippen molar-refractivity contribution in [3.05, 3.63) is 11.8 Å². The molecule has 0 N–H and O–H groups in total. The quantitative estimate of drug-likeness (QED) is 0.386. The first-order valence-corrected chi connectivity index (χ1v) is 1.71. The zero-order chi connectivity index (χ0) is 3.70. The minimum absolute atomic E-state index is 0.872. The number of allylic oxidation sites excluding steroid dienone is 1. The molecule has 0 amide bonds. The molecule has 28 valence electrons. The van der Waals surface area contributed by atoms with Gasteiger partial charge in [-0.1, -0.05) is 0 Å². The fraction of sp³-hybridized carbons (Fsp3) is 0.500. The van der Waals surface area contributed by atoms with Gasteiger partial charge in [0.1, 0.15) is 12.4 Å². The topological polar surface area (TPSA) is 12.5 Å². The second-order valence-electron chi connectivity index (χ2n) is 1.04. The Morgan fingerprint density at radius 2 is 2.60 bits per heavy atom. The summed E-state index contributed by atoms with van der Waals surface area (Å²) in [4.78, 5) is 0. The van der Waals surface area contributed by atoms with Crippen molar-refractivity contribution in [2.75, 3.05) is 6.61 Å². The fourth-order valence-electron chi connectivity index (χ4n) is 0.208. The third kappa shape index (κ3) is 0.407. The van der Waals surface area contributed by atoms with Crippen molar-refractivity contribution < 1.29 is 4.74 Å². The van der Waals surface area contributed by atoms with E-state index in [0.29, 0.717) is 0 Å². The number of rotatable bonds is 0. The van der Waals surface area contributed by atoms with E-state index in [9.17, 15) is 0 Å². The van der Waals surface area contributed by atoms with Crippen LogP contribution in [-0.2, 0) is 4.74 Å². The summed E-state index contributed by atoms with van der Waals surface area (Å²) in [6.45, 7) is 2.85. The minimum atomic E-state index is 0.872. The lowest BCUT2D eigenvalue weighted by molar-refractivity contribution is 0.509. The van der Waals surface area contributed by atoms with Gasteiger partial charge in [0.15, 0.2) is 0 Å². The molecule has 0 aromatic heterocycles. The smallest absolute Gasteiger partial charge is 0.145 e. The Kier molecular flexibility index (Phi) is 0.411. The van der Waals surface area contributed by atoms with Gasteiger partial charge in [0.2, 0.25) is 0 Å². The van der Waals surface area contributed by atoms with Gasteiger partial charge in [-0.25, -0.2) is 0 Å². The molecule has 0 unspecified atom stereocenters. The summed E-state index contributed by atoms with van der Waals surface area (Å²) in [5, 5.41) is 0. The van der Waals surface area contributed by atoms with Crippen LogP contribution in [0.5, 0.6) is 0 Å². The Labute approximate surface area is 31.3 Å². The predicted octanol–water partition coefficient (Wildman–Crippen LogP) is 0.920. The van der Waals surface area contributed by atoms with E-state index in [4.69, 9.17) is 4.74 Å². The molecule has 0 radical (unpaired) electrons. The molecule has 1 rings (SSSR count). The zero-order valence-electron chi connectivity index (χ0n) is 3.19. The van der Waals surface area contributed by atoms with E-state index in [1.807, 2.05) is 13.0 Å². The van der Waals surface area contributed by atoms with Crippen LogP contribution < -0.4 is 0 Å². The average molecular weight is 70.1 g/mol. The maximum Gasteiger partial charge on any atom is 0.145 e. The summed E-state index contributed by atoms with van der Waals surface area (Å²) in [5.74, 6) is 1.13. The number of hydrogen-bond acceptors (Lipinski definition) is 1. The van der Waals surface area contributed by atoms with Gasteiger partial charge in [-0.3, -0.25) is 0 Å². The first kappa shape index (κ1) is 2.76. The molecule has 1 heteroatoms. The van der Waals surface area contributed by atoms with Crippen LogP contribution in [-0.4, -0.2) is 6.61 Å². The van der Waals surface area contributed by atoms with Crippen molar-refractivity contribution in [3.8, 4) is 0 Å². The molecule has 0 spiro atoms. The largest absolute Gasteiger partial charge is 0.487 e. The normalized spacial score (nSPS) is 26.2. The average Bonchev–Trinajstić information content (AvgIpc) is 2.12. The highest BCUT2D eigenvalue weighted by molar-refractivity contribution is 5.01. The van der Waals surface area contributed by atoms with Crippen LogP contribution >= 0.6 is 0 Å². The van der Waals surface area contributed by atoms with Crippen molar-refractivity contribution in [3.63, 3.8) is 0 Å². The Balaban J connectivity index is 2.46. The van der Waals surface area contributed by atoms with Crippen LogP contribution in [0.25, 0.3) is 0 Å². The van der Waals surface area contributed by atoms with Crippen LogP contribution in [0.2, 0.25) is 0 Å². The fourth-order valence-corrected chi connectivity index (χ4v) is 0.208. The molecule has 1 heterocycles. The maximum absolute atomic E-state index is 4.72. The molecule has 5 heavy (non-hydrogen) atoms. The van der Waals surface area contributed by atoms with E-state index >= 15 is 0 Å². The second kappa shape index (κ2) is 0.744. The van der Waals surface area contributed by atoms with Crippen molar-refractivity contribution in [2.45, 2.75) is 6.92 Å². The maximum atomic E-state index is 4.72. The first-order chi connectivity index (χ1) is 2.43. The predicted molar refractivity (Wildman–Crippen MR) is 19.7 cm³/mol. The third-order valence-electron chi connectivity index (χ3n) is 0.633. The molecule has 0 aromatic rings. The number of ether oxygens (including phenoxy) is 1. The summed E-state index contributed by atoms with van der Waals surface area (Å²) < 4.78 is 4.72. The molecule has 0 bridgehead atoms. The number of hydrogen-bond donors (Lipinski definition) is 0. The molecule has 1 saturated heterocycles. The summed E-state index contributed by atoms with van der Waals surface area (Å²) in [7, 11) is 0. The van der Waals surface area contributed by atoms with Gasteiger partial charge in [-0.15, -0.1) is 0 Å². The Hall–Kier alpha value is -0.460. The SMILES string of the molecule is CC=C1CO1. The highest BCUT2D eigenvalue weighted by Crippen LogP contribution is 2.11. The highest BCUT2D eigenvalue weighted by Gasteiger charge is 2.08. The van der Waals surface area contributed by atoms with Gasteiger partial charge in [0, 0.05) is 0 Å². The minimum Gasteiger partial charge on any atom is -0.487 e. The first-order valence-electron chi connectivity index (χ1n) is 1.71. The van der Waals surface area contributed by atoms with E-state index in [1.54, 1.807) is 0 Å². The lowest BCUT2D eigenvalue weighted by Crippen LogP contribution is -1.35. The van der Waals surface area contributed by atoms with Crippen molar-refractivity contribution in [1.29, 1.82) is 0 Å². The van der Waals surface area contributed by atoms with Gasteiger partial charge < -0.3 is 4.74 Å². The van der Waals surface area contributed by atoms with Crippen LogP contribution in [0.3, 0.4) is 0 Å². The molecular formula is C4H6O. The summed E-state index contributed by atoms with van der Waals surface area (Å²) >= 11 is 0. The summed E-state index contributed by atoms with van der Waals surface area (Å²) in [6, 6.07) is 0. The van der Waals surface area contributed by atoms with Gasteiger partial charge in [0.25, 0.3) is 0 Å². The third-order valence-corrected chi connectivity index (χ3v) is 0.633. The molecule has 0 aromatic carbocycles. The van der Waals surface area contributed by atoms with E-state index in [0.717, 1.165) is 12.4 Å². The van der Waals surface area contributed by atoms with Crippen molar-refractivity contribution in [2.24, 2.45) is 0 Å². The van der Waals surface area contributed by atoms with E-state index < -0.39 is 0 Å². The van der Waals surface area contributed by atoms with Gasteiger partial charge in [-0.2, -0.15) is 0 Å². The Bertz CT molecular complexity index is 58.0. The molecule has 0 atom stereocenters. The van der Waals surface area contributed by atoms with Crippen LogP contribution in [0.15, 0.2) is 11.8 Å². The molecule has 0 saturated carbocycles. The van der Waals surface area contributed by atoms with Crippen LogP contribution in [0.4, 0.5) is 0 Å². The Morgan fingerprint density at radius 1 is 2.00 bits per heavy atom. The lowest BCUT2D eigenvalue weighted by Gasteiger charge is -1.50. The van der Waals surface area contributed by atoms with Crippen LogP contribution in [0.1, 0.15) is 6.92 Å². The number of epoxide rings is 1. The van der Waals surface area contributed by atoms with Crippen molar-refractivity contribution >= 4 is 0 Å². The standard InChI is InChI=1S/C4H6O/c1-2-4-3-5-4/h2H,3H2,1H3. The molecule has 1 fully saturated rings. The van der Waals surface area contributed by atoms with Crippen molar-refractivity contribution in [1.82, 2.24) is 0 Å². The molecule has 1 nitrogen and oxygen atoms in total.